The maximum absolute atomic E-state index is 12.2. The predicted molar refractivity (Wildman–Crippen MR) is 108 cm³/mol. The second-order valence-electron chi connectivity index (χ2n) is 6.39. The summed E-state index contributed by atoms with van der Waals surface area (Å²) >= 11 is 0. The Morgan fingerprint density at radius 1 is 0.964 bits per heavy atom. The van der Waals surface area contributed by atoms with Crippen LogP contribution in [0.25, 0.3) is 0 Å². The molecule has 6 nitrogen and oxygen atoms in total. The highest BCUT2D eigenvalue weighted by Crippen LogP contribution is 2.23. The Labute approximate surface area is 165 Å². The minimum atomic E-state index is -0.877. The van der Waals surface area contributed by atoms with E-state index < -0.39 is 12.1 Å². The van der Waals surface area contributed by atoms with Gasteiger partial charge in [0.1, 0.15) is 11.5 Å². The number of esters is 1. The molecule has 0 fully saturated rings. The quantitative estimate of drug-likeness (QED) is 0.665. The molecule has 0 unspecified atom stereocenters. The Morgan fingerprint density at radius 2 is 1.57 bits per heavy atom. The van der Waals surface area contributed by atoms with Crippen molar-refractivity contribution >= 4 is 17.6 Å². The molecule has 0 radical (unpaired) electrons. The Bertz CT molecular complexity index is 779. The lowest BCUT2D eigenvalue weighted by Crippen LogP contribution is -2.30. The van der Waals surface area contributed by atoms with Crippen molar-refractivity contribution in [3.8, 4) is 11.5 Å². The third-order valence-electron chi connectivity index (χ3n) is 4.34. The van der Waals surface area contributed by atoms with Crippen LogP contribution >= 0.6 is 0 Å². The molecular formula is C22H27NO5. The topological polar surface area (TPSA) is 73.9 Å². The zero-order chi connectivity index (χ0) is 20.5. The van der Waals surface area contributed by atoms with Crippen molar-refractivity contribution in [3.05, 3.63) is 53.6 Å². The number of nitrogens with one attached hydrogen (secondary N) is 1. The molecule has 0 aromatic heterocycles. The van der Waals surface area contributed by atoms with Gasteiger partial charge in [0, 0.05) is 18.2 Å². The van der Waals surface area contributed by atoms with Gasteiger partial charge in [0.15, 0.2) is 6.10 Å². The third kappa shape index (κ3) is 6.30. The van der Waals surface area contributed by atoms with Gasteiger partial charge in [0.2, 0.25) is 0 Å². The van der Waals surface area contributed by atoms with E-state index in [1.165, 1.54) is 5.56 Å². The van der Waals surface area contributed by atoms with E-state index in [9.17, 15) is 9.59 Å². The Hall–Kier alpha value is -3.02. The Balaban J connectivity index is 1.85. The van der Waals surface area contributed by atoms with Crippen molar-refractivity contribution in [2.24, 2.45) is 0 Å². The standard InChI is InChI=1S/C22H27NO5/c1-5-16-6-9-18(10-7-16)23-22(25)15(2)28-21(24)11-8-17-12-19(26-3)14-20(13-17)27-4/h6-7,9-10,12-15H,5,8,11H2,1-4H3,(H,23,25)/t15-/m0/s1. The molecule has 150 valence electrons. The van der Waals surface area contributed by atoms with Gasteiger partial charge in [-0.3, -0.25) is 9.59 Å². The minimum absolute atomic E-state index is 0.152. The number of aryl methyl sites for hydroxylation is 2. The first-order valence-electron chi connectivity index (χ1n) is 9.26. The molecule has 0 spiro atoms. The third-order valence-corrected chi connectivity index (χ3v) is 4.34. The maximum Gasteiger partial charge on any atom is 0.306 e. The number of carbonyl (C=O) groups is 2. The summed E-state index contributed by atoms with van der Waals surface area (Å²) in [6.45, 7) is 3.62. The fourth-order valence-corrected chi connectivity index (χ4v) is 2.63. The zero-order valence-corrected chi connectivity index (χ0v) is 16.8. The van der Waals surface area contributed by atoms with Crippen molar-refractivity contribution in [2.45, 2.75) is 39.2 Å². The highest BCUT2D eigenvalue weighted by molar-refractivity contribution is 5.95. The molecule has 1 amide bonds. The molecule has 0 heterocycles. The first-order chi connectivity index (χ1) is 13.4. The second-order valence-corrected chi connectivity index (χ2v) is 6.39. The minimum Gasteiger partial charge on any atom is -0.497 e. The van der Waals surface area contributed by atoms with Crippen molar-refractivity contribution in [1.29, 1.82) is 0 Å². The van der Waals surface area contributed by atoms with E-state index >= 15 is 0 Å². The fraction of sp³-hybridized carbons (Fsp3) is 0.364. The predicted octanol–water partition coefficient (Wildman–Crippen LogP) is 3.77. The van der Waals surface area contributed by atoms with E-state index in [2.05, 4.69) is 12.2 Å². The average Bonchev–Trinajstić information content (AvgIpc) is 2.72. The van der Waals surface area contributed by atoms with Crippen LogP contribution in [-0.2, 0) is 27.2 Å². The number of anilines is 1. The van der Waals surface area contributed by atoms with Gasteiger partial charge in [0.05, 0.1) is 14.2 Å². The number of methoxy groups -OCH3 is 2. The van der Waals surface area contributed by atoms with E-state index in [-0.39, 0.29) is 12.3 Å². The van der Waals surface area contributed by atoms with Crippen LogP contribution in [0, 0.1) is 0 Å². The molecule has 0 aliphatic rings. The molecule has 0 saturated carbocycles. The first kappa shape index (κ1) is 21.3. The van der Waals surface area contributed by atoms with Crippen molar-refractivity contribution in [3.63, 3.8) is 0 Å². The number of ether oxygens (including phenoxy) is 3. The molecule has 28 heavy (non-hydrogen) atoms. The van der Waals surface area contributed by atoms with E-state index in [4.69, 9.17) is 14.2 Å². The smallest absolute Gasteiger partial charge is 0.306 e. The highest BCUT2D eigenvalue weighted by atomic mass is 16.5. The highest BCUT2D eigenvalue weighted by Gasteiger charge is 2.18. The van der Waals surface area contributed by atoms with E-state index in [1.807, 2.05) is 36.4 Å². The number of amides is 1. The van der Waals surface area contributed by atoms with Gasteiger partial charge < -0.3 is 19.5 Å². The number of rotatable bonds is 9. The molecular weight excluding hydrogens is 358 g/mol. The fourth-order valence-electron chi connectivity index (χ4n) is 2.63. The van der Waals surface area contributed by atoms with Crippen LogP contribution in [0.5, 0.6) is 11.5 Å². The van der Waals surface area contributed by atoms with Crippen LogP contribution < -0.4 is 14.8 Å². The molecule has 2 aromatic carbocycles. The van der Waals surface area contributed by atoms with Crippen LogP contribution in [0.3, 0.4) is 0 Å². The van der Waals surface area contributed by atoms with Crippen molar-refractivity contribution in [1.82, 2.24) is 0 Å². The Kier molecular flexibility index (Phi) is 7.87. The van der Waals surface area contributed by atoms with Gasteiger partial charge in [0.25, 0.3) is 5.91 Å². The monoisotopic (exact) mass is 385 g/mol. The summed E-state index contributed by atoms with van der Waals surface area (Å²) < 4.78 is 15.7. The summed E-state index contributed by atoms with van der Waals surface area (Å²) in [5, 5.41) is 2.75. The lowest BCUT2D eigenvalue weighted by atomic mass is 10.1. The summed E-state index contributed by atoms with van der Waals surface area (Å²) in [7, 11) is 3.14. The first-order valence-corrected chi connectivity index (χ1v) is 9.26. The van der Waals surface area contributed by atoms with Crippen LogP contribution in [0.15, 0.2) is 42.5 Å². The van der Waals surface area contributed by atoms with Gasteiger partial charge in [-0.1, -0.05) is 19.1 Å². The summed E-state index contributed by atoms with van der Waals surface area (Å²) in [6.07, 6.45) is 0.665. The van der Waals surface area contributed by atoms with Gasteiger partial charge in [-0.25, -0.2) is 0 Å². The SMILES string of the molecule is CCc1ccc(NC(=O)[C@H](C)OC(=O)CCc2cc(OC)cc(OC)c2)cc1. The molecule has 0 aliphatic carbocycles. The second kappa shape index (κ2) is 10.3. The van der Waals surface area contributed by atoms with E-state index in [0.717, 1.165) is 12.0 Å². The maximum atomic E-state index is 12.2. The number of hydrogen-bond donors (Lipinski definition) is 1. The van der Waals surface area contributed by atoms with Crippen LogP contribution in [0.2, 0.25) is 0 Å². The van der Waals surface area contributed by atoms with Crippen LogP contribution in [0.1, 0.15) is 31.4 Å². The van der Waals surface area contributed by atoms with Crippen LogP contribution in [0.4, 0.5) is 5.69 Å². The number of carbonyl (C=O) groups excluding carboxylic acids is 2. The number of benzene rings is 2. The van der Waals surface area contributed by atoms with Crippen molar-refractivity contribution in [2.75, 3.05) is 19.5 Å². The molecule has 1 atom stereocenters. The molecule has 0 aliphatic heterocycles. The summed E-state index contributed by atoms with van der Waals surface area (Å²) in [5.41, 5.74) is 2.75. The zero-order valence-electron chi connectivity index (χ0n) is 16.8. The summed E-state index contributed by atoms with van der Waals surface area (Å²) in [6, 6.07) is 13.0. The number of hydrogen-bond acceptors (Lipinski definition) is 5. The Morgan fingerprint density at radius 3 is 2.11 bits per heavy atom. The molecule has 0 saturated heterocycles. The average molecular weight is 385 g/mol. The van der Waals surface area contributed by atoms with Crippen LogP contribution in [-0.4, -0.2) is 32.2 Å². The van der Waals surface area contributed by atoms with Gasteiger partial charge >= 0.3 is 5.97 Å². The van der Waals surface area contributed by atoms with Gasteiger partial charge in [-0.2, -0.15) is 0 Å². The lowest BCUT2D eigenvalue weighted by Gasteiger charge is -2.14. The molecule has 2 rings (SSSR count). The van der Waals surface area contributed by atoms with E-state index in [0.29, 0.717) is 23.6 Å². The summed E-state index contributed by atoms with van der Waals surface area (Å²) in [4.78, 5) is 24.3. The lowest BCUT2D eigenvalue weighted by molar-refractivity contribution is -0.153. The van der Waals surface area contributed by atoms with Gasteiger partial charge in [-0.15, -0.1) is 0 Å². The molecule has 1 N–H and O–H groups in total. The van der Waals surface area contributed by atoms with Crippen molar-refractivity contribution < 1.29 is 23.8 Å². The normalized spacial score (nSPS) is 11.4. The molecule has 6 heteroatoms. The van der Waals surface area contributed by atoms with Gasteiger partial charge in [-0.05, 0) is 55.2 Å². The molecule has 0 bridgehead atoms. The molecule has 2 aromatic rings. The largest absolute Gasteiger partial charge is 0.497 e. The summed E-state index contributed by atoms with van der Waals surface area (Å²) in [5.74, 6) is 0.514. The van der Waals surface area contributed by atoms with E-state index in [1.54, 1.807) is 27.2 Å².